The number of hydrogen-bond acceptors (Lipinski definition) is 3. The van der Waals surface area contributed by atoms with Crippen molar-refractivity contribution in [3.63, 3.8) is 0 Å². The van der Waals surface area contributed by atoms with Crippen LogP contribution in [0.5, 0.6) is 0 Å². The highest BCUT2D eigenvalue weighted by Crippen LogP contribution is 2.37. The van der Waals surface area contributed by atoms with Crippen molar-refractivity contribution < 1.29 is 18.7 Å². The maximum Gasteiger partial charge on any atom is 0.255 e. The Hall–Kier alpha value is -2.44. The lowest BCUT2D eigenvalue weighted by molar-refractivity contribution is -0.142. The van der Waals surface area contributed by atoms with Gasteiger partial charge in [0.05, 0.1) is 16.0 Å². The van der Waals surface area contributed by atoms with Crippen LogP contribution in [0.3, 0.4) is 0 Å². The first-order valence-electron chi connectivity index (χ1n) is 10.2. The molecule has 2 heterocycles. The third-order valence-corrected chi connectivity index (χ3v) is 6.41. The molecule has 2 aromatic rings. The van der Waals surface area contributed by atoms with Crippen LogP contribution in [0.15, 0.2) is 48.5 Å². The smallest absolute Gasteiger partial charge is 0.255 e. The molecule has 0 unspecified atom stereocenters. The Morgan fingerprint density at radius 1 is 0.933 bits per heavy atom. The second kappa shape index (κ2) is 8.74. The van der Waals surface area contributed by atoms with Crippen molar-refractivity contribution in [1.29, 1.82) is 0 Å². The molecular formula is C23H24ClFN2O3. The van der Waals surface area contributed by atoms with E-state index in [-0.39, 0.29) is 22.4 Å². The predicted octanol–water partition coefficient (Wildman–Crippen LogP) is 3.51. The Labute approximate surface area is 180 Å². The van der Waals surface area contributed by atoms with Crippen molar-refractivity contribution in [2.75, 3.05) is 39.4 Å². The Kier molecular flexibility index (Phi) is 6.06. The molecule has 0 radical (unpaired) electrons. The number of benzene rings is 2. The highest BCUT2D eigenvalue weighted by atomic mass is 35.5. The van der Waals surface area contributed by atoms with E-state index in [0.717, 1.165) is 11.6 Å². The number of rotatable bonds is 3. The van der Waals surface area contributed by atoms with Gasteiger partial charge in [-0.1, -0.05) is 41.9 Å². The lowest BCUT2D eigenvalue weighted by atomic mass is 9.73. The summed E-state index contributed by atoms with van der Waals surface area (Å²) in [5.74, 6) is -0.616. The van der Waals surface area contributed by atoms with Gasteiger partial charge < -0.3 is 14.5 Å². The Bertz CT molecular complexity index is 923. The quantitative estimate of drug-likeness (QED) is 0.748. The monoisotopic (exact) mass is 430 g/mol. The van der Waals surface area contributed by atoms with Crippen molar-refractivity contribution in [2.24, 2.45) is 0 Å². The molecule has 0 atom stereocenters. The zero-order chi connectivity index (χ0) is 21.1. The number of piperazine rings is 1. The molecule has 0 spiro atoms. The molecule has 2 aliphatic rings. The predicted molar refractivity (Wildman–Crippen MR) is 112 cm³/mol. The van der Waals surface area contributed by atoms with E-state index in [1.807, 2.05) is 35.2 Å². The molecule has 0 saturated carbocycles. The summed E-state index contributed by atoms with van der Waals surface area (Å²) in [6.07, 6.45) is 1.31. The molecule has 2 amide bonds. The minimum absolute atomic E-state index is 0.101. The average Bonchev–Trinajstić information content (AvgIpc) is 2.79. The van der Waals surface area contributed by atoms with Crippen molar-refractivity contribution >= 4 is 23.4 Å². The maximum absolute atomic E-state index is 13.6. The number of ether oxygens (including phenoxy) is 1. The fourth-order valence-corrected chi connectivity index (χ4v) is 4.60. The normalized spacial score (nSPS) is 18.9. The molecule has 2 fully saturated rings. The van der Waals surface area contributed by atoms with Gasteiger partial charge in [0.2, 0.25) is 5.91 Å². The van der Waals surface area contributed by atoms with Crippen LogP contribution in [0.1, 0.15) is 28.8 Å². The Morgan fingerprint density at radius 2 is 1.57 bits per heavy atom. The minimum atomic E-state index is -0.577. The van der Waals surface area contributed by atoms with Gasteiger partial charge in [-0.15, -0.1) is 0 Å². The highest BCUT2D eigenvalue weighted by Gasteiger charge is 2.44. The van der Waals surface area contributed by atoms with Gasteiger partial charge in [-0.2, -0.15) is 0 Å². The third-order valence-electron chi connectivity index (χ3n) is 6.10. The summed E-state index contributed by atoms with van der Waals surface area (Å²) in [5, 5.41) is 0.101. The van der Waals surface area contributed by atoms with Gasteiger partial charge in [0.15, 0.2) is 0 Å². The second-order valence-electron chi connectivity index (χ2n) is 7.77. The van der Waals surface area contributed by atoms with Gasteiger partial charge in [0.1, 0.15) is 5.82 Å². The summed E-state index contributed by atoms with van der Waals surface area (Å²) >= 11 is 6.05. The van der Waals surface area contributed by atoms with Crippen LogP contribution in [0, 0.1) is 5.82 Å². The van der Waals surface area contributed by atoms with E-state index in [1.54, 1.807) is 4.90 Å². The molecule has 0 bridgehead atoms. The maximum atomic E-state index is 13.6. The SMILES string of the molecule is O=C(c1ccc(F)cc1Cl)N1CCN(C(=O)C2(c3ccccc3)CCOCC2)CC1. The molecule has 7 heteroatoms. The average molecular weight is 431 g/mol. The van der Waals surface area contributed by atoms with Gasteiger partial charge in [-0.25, -0.2) is 4.39 Å². The number of halogens is 2. The molecule has 158 valence electrons. The summed E-state index contributed by atoms with van der Waals surface area (Å²) in [6.45, 7) is 2.86. The van der Waals surface area contributed by atoms with E-state index in [2.05, 4.69) is 0 Å². The van der Waals surface area contributed by atoms with Gasteiger partial charge in [0.25, 0.3) is 5.91 Å². The van der Waals surface area contributed by atoms with Crippen LogP contribution < -0.4 is 0 Å². The molecule has 2 aliphatic heterocycles. The summed E-state index contributed by atoms with van der Waals surface area (Å²) in [4.78, 5) is 29.9. The summed E-state index contributed by atoms with van der Waals surface area (Å²) < 4.78 is 18.8. The van der Waals surface area contributed by atoms with Crippen LogP contribution in [0.25, 0.3) is 0 Å². The highest BCUT2D eigenvalue weighted by molar-refractivity contribution is 6.33. The number of hydrogen-bond donors (Lipinski definition) is 0. The second-order valence-corrected chi connectivity index (χ2v) is 8.18. The molecule has 0 N–H and O–H groups in total. The standard InChI is InChI=1S/C23H24ClFN2O3/c24-20-16-18(25)6-7-19(20)21(28)26-10-12-27(13-11-26)22(29)23(8-14-30-15-9-23)17-4-2-1-3-5-17/h1-7,16H,8-15H2. The lowest BCUT2D eigenvalue weighted by Gasteiger charge is -2.43. The molecule has 4 rings (SSSR count). The number of carbonyl (C=O) groups excluding carboxylic acids is 2. The first-order chi connectivity index (χ1) is 14.5. The van der Waals surface area contributed by atoms with Gasteiger partial charge >= 0.3 is 0 Å². The molecule has 2 aromatic carbocycles. The van der Waals surface area contributed by atoms with Crippen molar-refractivity contribution in [3.8, 4) is 0 Å². The van der Waals surface area contributed by atoms with Crippen LogP contribution in [-0.4, -0.2) is 61.0 Å². The van der Waals surface area contributed by atoms with E-state index < -0.39 is 11.2 Å². The van der Waals surface area contributed by atoms with Crippen LogP contribution >= 0.6 is 11.6 Å². The molecule has 2 saturated heterocycles. The summed E-state index contributed by atoms with van der Waals surface area (Å²) in [6, 6.07) is 13.7. The zero-order valence-corrected chi connectivity index (χ0v) is 17.4. The number of amides is 2. The Balaban J connectivity index is 1.47. The van der Waals surface area contributed by atoms with Gasteiger partial charge in [-0.3, -0.25) is 9.59 Å². The van der Waals surface area contributed by atoms with Crippen molar-refractivity contribution in [3.05, 3.63) is 70.5 Å². The van der Waals surface area contributed by atoms with E-state index in [0.29, 0.717) is 52.2 Å². The zero-order valence-electron chi connectivity index (χ0n) is 16.7. The first-order valence-corrected chi connectivity index (χ1v) is 10.6. The third kappa shape index (κ3) is 3.94. The number of nitrogens with zero attached hydrogens (tertiary/aromatic N) is 2. The van der Waals surface area contributed by atoms with Crippen molar-refractivity contribution in [1.82, 2.24) is 9.80 Å². The van der Waals surface area contributed by atoms with Crippen LogP contribution in [0.4, 0.5) is 4.39 Å². The molecule has 0 aliphatic carbocycles. The van der Waals surface area contributed by atoms with E-state index in [1.165, 1.54) is 12.1 Å². The topological polar surface area (TPSA) is 49.9 Å². The van der Waals surface area contributed by atoms with Gasteiger partial charge in [0, 0.05) is 39.4 Å². The van der Waals surface area contributed by atoms with Crippen LogP contribution in [-0.2, 0) is 14.9 Å². The Morgan fingerprint density at radius 3 is 2.20 bits per heavy atom. The molecular weight excluding hydrogens is 407 g/mol. The van der Waals surface area contributed by atoms with Crippen molar-refractivity contribution in [2.45, 2.75) is 18.3 Å². The van der Waals surface area contributed by atoms with E-state index in [9.17, 15) is 14.0 Å². The van der Waals surface area contributed by atoms with E-state index >= 15 is 0 Å². The fourth-order valence-electron chi connectivity index (χ4n) is 4.35. The van der Waals surface area contributed by atoms with Gasteiger partial charge in [-0.05, 0) is 36.6 Å². The molecule has 0 aromatic heterocycles. The summed E-state index contributed by atoms with van der Waals surface area (Å²) in [5.41, 5.74) is 0.726. The minimum Gasteiger partial charge on any atom is -0.381 e. The van der Waals surface area contributed by atoms with Crippen LogP contribution in [0.2, 0.25) is 5.02 Å². The fraction of sp³-hybridized carbons (Fsp3) is 0.391. The largest absolute Gasteiger partial charge is 0.381 e. The first kappa shape index (κ1) is 20.8. The lowest BCUT2D eigenvalue weighted by Crippen LogP contribution is -2.56. The molecule has 30 heavy (non-hydrogen) atoms. The van der Waals surface area contributed by atoms with E-state index in [4.69, 9.17) is 16.3 Å². The summed E-state index contributed by atoms with van der Waals surface area (Å²) in [7, 11) is 0. The number of carbonyl (C=O) groups is 2. The molecule has 5 nitrogen and oxygen atoms in total.